The van der Waals surface area contributed by atoms with E-state index in [1.165, 1.54) is 6.08 Å². The van der Waals surface area contributed by atoms with Gasteiger partial charge in [0.05, 0.1) is 10.6 Å². The molecule has 0 saturated heterocycles. The molecule has 3 aromatic rings. The van der Waals surface area contributed by atoms with E-state index in [0.717, 1.165) is 5.56 Å². The minimum atomic E-state index is -0.413. The van der Waals surface area contributed by atoms with Crippen LogP contribution in [0.3, 0.4) is 0 Å². The van der Waals surface area contributed by atoms with Crippen LogP contribution in [0.1, 0.15) is 5.56 Å². The summed E-state index contributed by atoms with van der Waals surface area (Å²) in [6.45, 7) is 0. The van der Waals surface area contributed by atoms with Gasteiger partial charge in [0.1, 0.15) is 0 Å². The molecule has 1 aromatic heterocycles. The lowest BCUT2D eigenvalue weighted by Gasteiger charge is -1.98. The summed E-state index contributed by atoms with van der Waals surface area (Å²) in [5.74, 6) is -0.185. The van der Waals surface area contributed by atoms with Crippen LogP contribution in [0.2, 0.25) is 10.0 Å². The van der Waals surface area contributed by atoms with Crippen molar-refractivity contribution in [1.29, 1.82) is 0 Å². The highest BCUT2D eigenvalue weighted by Gasteiger charge is 2.12. The first kappa shape index (κ1) is 16.2. The summed E-state index contributed by atoms with van der Waals surface area (Å²) in [5.41, 5.74) is 1.33. The molecule has 2 aromatic carbocycles. The maximum atomic E-state index is 11.9. The van der Waals surface area contributed by atoms with E-state index in [1.54, 1.807) is 42.5 Å². The van der Waals surface area contributed by atoms with Gasteiger partial charge in [-0.1, -0.05) is 58.6 Å². The van der Waals surface area contributed by atoms with Gasteiger partial charge in [-0.15, -0.1) is 5.10 Å². The van der Waals surface area contributed by atoms with Crippen molar-refractivity contribution >= 4 is 41.2 Å². The molecule has 0 radical (unpaired) electrons. The third kappa shape index (κ3) is 3.82. The van der Waals surface area contributed by atoms with Crippen LogP contribution in [-0.4, -0.2) is 16.1 Å². The number of amides is 1. The first-order valence-corrected chi connectivity index (χ1v) is 7.71. The van der Waals surface area contributed by atoms with Crippen LogP contribution < -0.4 is 5.32 Å². The number of hydrogen-bond donors (Lipinski definition) is 1. The van der Waals surface area contributed by atoms with Gasteiger partial charge in [0.25, 0.3) is 11.8 Å². The second-order valence-electron chi connectivity index (χ2n) is 4.74. The van der Waals surface area contributed by atoms with Crippen LogP contribution in [0.25, 0.3) is 17.5 Å². The van der Waals surface area contributed by atoms with Gasteiger partial charge in [0.2, 0.25) is 0 Å². The molecule has 0 aliphatic heterocycles. The second-order valence-corrected chi connectivity index (χ2v) is 5.55. The van der Waals surface area contributed by atoms with E-state index in [9.17, 15) is 4.79 Å². The highest BCUT2D eigenvalue weighted by Crippen LogP contribution is 2.27. The molecule has 24 heavy (non-hydrogen) atoms. The molecule has 0 spiro atoms. The van der Waals surface area contributed by atoms with Crippen LogP contribution in [0.4, 0.5) is 6.01 Å². The Labute approximate surface area is 147 Å². The Hall–Kier alpha value is -2.63. The maximum Gasteiger partial charge on any atom is 0.322 e. The average Bonchev–Trinajstić information content (AvgIpc) is 3.03. The number of hydrogen-bond acceptors (Lipinski definition) is 4. The Kier molecular flexibility index (Phi) is 4.93. The summed E-state index contributed by atoms with van der Waals surface area (Å²) < 4.78 is 5.40. The molecule has 1 amide bonds. The van der Waals surface area contributed by atoms with Gasteiger partial charge in [0.15, 0.2) is 0 Å². The molecular formula is C17H11Cl2N3O2. The number of nitrogens with zero attached hydrogens (tertiary/aromatic N) is 2. The Morgan fingerprint density at radius 3 is 2.46 bits per heavy atom. The fraction of sp³-hybridized carbons (Fsp3) is 0. The molecule has 1 heterocycles. The summed E-state index contributed by atoms with van der Waals surface area (Å²) in [7, 11) is 0. The SMILES string of the molecule is O=C(C=Cc1ccccc1Cl)Nc1nnc(-c2ccccc2Cl)o1. The molecule has 7 heteroatoms. The molecule has 0 unspecified atom stereocenters. The molecule has 0 bridgehead atoms. The Morgan fingerprint density at radius 1 is 1.00 bits per heavy atom. The van der Waals surface area contributed by atoms with E-state index < -0.39 is 5.91 Å². The van der Waals surface area contributed by atoms with Gasteiger partial charge in [-0.05, 0) is 29.8 Å². The molecule has 0 aliphatic rings. The highest BCUT2D eigenvalue weighted by molar-refractivity contribution is 6.33. The molecule has 1 N–H and O–H groups in total. The molecule has 0 saturated carbocycles. The number of rotatable bonds is 4. The number of aromatic nitrogens is 2. The lowest BCUT2D eigenvalue weighted by molar-refractivity contribution is -0.112. The van der Waals surface area contributed by atoms with Crippen molar-refractivity contribution in [3.05, 3.63) is 70.2 Å². The summed E-state index contributed by atoms with van der Waals surface area (Å²) in [6, 6.07) is 14.2. The predicted octanol–water partition coefficient (Wildman–Crippen LogP) is 4.70. The van der Waals surface area contributed by atoms with Crippen LogP contribution in [0, 0.1) is 0 Å². The molecule has 3 rings (SSSR count). The quantitative estimate of drug-likeness (QED) is 0.685. The Balaban J connectivity index is 1.70. The minimum absolute atomic E-state index is 0.0151. The molecule has 120 valence electrons. The number of carbonyl (C=O) groups excluding carboxylic acids is 1. The standard InChI is InChI=1S/C17H11Cl2N3O2/c18-13-7-3-1-5-11(13)9-10-15(23)20-17-22-21-16(24-17)12-6-2-4-8-14(12)19/h1-10H,(H,20,22,23). The van der Waals surface area contributed by atoms with Gasteiger partial charge < -0.3 is 4.42 Å². The molecule has 0 aliphatic carbocycles. The predicted molar refractivity (Wildman–Crippen MR) is 93.9 cm³/mol. The maximum absolute atomic E-state index is 11.9. The summed E-state index contributed by atoms with van der Waals surface area (Å²) >= 11 is 12.1. The second kappa shape index (κ2) is 7.29. The van der Waals surface area contributed by atoms with E-state index in [1.807, 2.05) is 12.1 Å². The van der Waals surface area contributed by atoms with Gasteiger partial charge in [-0.2, -0.15) is 0 Å². The van der Waals surface area contributed by atoms with E-state index in [4.69, 9.17) is 27.6 Å². The molecule has 5 nitrogen and oxygen atoms in total. The van der Waals surface area contributed by atoms with Crippen molar-refractivity contribution in [3.63, 3.8) is 0 Å². The molecule has 0 fully saturated rings. The zero-order chi connectivity index (χ0) is 16.9. The normalized spacial score (nSPS) is 10.9. The monoisotopic (exact) mass is 359 g/mol. The summed E-state index contributed by atoms with van der Waals surface area (Å²) in [6.07, 6.45) is 2.93. The van der Waals surface area contributed by atoms with E-state index in [0.29, 0.717) is 15.6 Å². The molecule has 0 atom stereocenters. The number of benzene rings is 2. The van der Waals surface area contributed by atoms with Crippen molar-refractivity contribution in [2.75, 3.05) is 5.32 Å². The van der Waals surface area contributed by atoms with Gasteiger partial charge in [-0.25, -0.2) is 0 Å². The van der Waals surface area contributed by atoms with Gasteiger partial charge >= 0.3 is 6.01 Å². The van der Waals surface area contributed by atoms with E-state index in [2.05, 4.69) is 15.5 Å². The lowest BCUT2D eigenvalue weighted by atomic mass is 10.2. The van der Waals surface area contributed by atoms with Crippen LogP contribution in [0.15, 0.2) is 59.0 Å². The van der Waals surface area contributed by atoms with Crippen molar-refractivity contribution in [2.45, 2.75) is 0 Å². The van der Waals surface area contributed by atoms with E-state index in [-0.39, 0.29) is 11.9 Å². The Bertz CT molecular complexity index is 906. The van der Waals surface area contributed by atoms with Crippen molar-refractivity contribution in [3.8, 4) is 11.5 Å². The topological polar surface area (TPSA) is 68.0 Å². The van der Waals surface area contributed by atoms with Gasteiger partial charge in [-0.3, -0.25) is 10.1 Å². The zero-order valence-electron chi connectivity index (χ0n) is 12.2. The third-order valence-corrected chi connectivity index (χ3v) is 3.75. The molecular weight excluding hydrogens is 349 g/mol. The largest absolute Gasteiger partial charge is 0.403 e. The van der Waals surface area contributed by atoms with Crippen molar-refractivity contribution < 1.29 is 9.21 Å². The third-order valence-electron chi connectivity index (χ3n) is 3.08. The van der Waals surface area contributed by atoms with Crippen molar-refractivity contribution in [2.24, 2.45) is 0 Å². The lowest BCUT2D eigenvalue weighted by Crippen LogP contribution is -2.07. The van der Waals surface area contributed by atoms with E-state index >= 15 is 0 Å². The minimum Gasteiger partial charge on any atom is -0.403 e. The first-order valence-electron chi connectivity index (χ1n) is 6.95. The number of carbonyl (C=O) groups is 1. The zero-order valence-corrected chi connectivity index (χ0v) is 13.8. The van der Waals surface area contributed by atoms with Crippen LogP contribution >= 0.6 is 23.2 Å². The van der Waals surface area contributed by atoms with Gasteiger partial charge in [0, 0.05) is 11.1 Å². The Morgan fingerprint density at radius 2 is 1.71 bits per heavy atom. The number of nitrogens with one attached hydrogen (secondary N) is 1. The fourth-order valence-corrected chi connectivity index (χ4v) is 2.36. The average molecular weight is 360 g/mol. The number of halogens is 2. The smallest absolute Gasteiger partial charge is 0.322 e. The number of anilines is 1. The highest BCUT2D eigenvalue weighted by atomic mass is 35.5. The van der Waals surface area contributed by atoms with Crippen LogP contribution in [0.5, 0.6) is 0 Å². The van der Waals surface area contributed by atoms with Crippen LogP contribution in [-0.2, 0) is 4.79 Å². The summed E-state index contributed by atoms with van der Waals surface area (Å²) in [4.78, 5) is 11.9. The summed E-state index contributed by atoms with van der Waals surface area (Å²) in [5, 5.41) is 11.2. The van der Waals surface area contributed by atoms with Crippen molar-refractivity contribution in [1.82, 2.24) is 10.2 Å². The fourth-order valence-electron chi connectivity index (χ4n) is 1.94. The first-order chi connectivity index (χ1) is 11.6.